The predicted molar refractivity (Wildman–Crippen MR) is 238 cm³/mol. The number of fused-ring (bicyclic) bond motifs is 9. The van der Waals surface area contributed by atoms with E-state index in [4.69, 9.17) is 4.74 Å². The van der Waals surface area contributed by atoms with Gasteiger partial charge in [-0.15, -0.1) is 0 Å². The molecule has 0 aromatic heterocycles. The summed E-state index contributed by atoms with van der Waals surface area (Å²) in [4.78, 5) is 2.38. The third-order valence-corrected chi connectivity index (χ3v) is 12.1. The molecule has 2 nitrogen and oxygen atoms in total. The molecule has 0 saturated carbocycles. The first-order valence-corrected chi connectivity index (χ1v) is 19.7. The van der Waals surface area contributed by atoms with Crippen LogP contribution in [0.15, 0.2) is 200 Å². The number of nitrogens with zero attached hydrogens (tertiary/aromatic N) is 1. The molecule has 0 spiro atoms. The van der Waals surface area contributed by atoms with Gasteiger partial charge in [0.2, 0.25) is 0 Å². The van der Waals surface area contributed by atoms with E-state index in [9.17, 15) is 0 Å². The van der Waals surface area contributed by atoms with E-state index >= 15 is 0 Å². The smallest absolute Gasteiger partial charge is 0.137 e. The average molecular weight is 730 g/mol. The molecule has 1 aliphatic carbocycles. The van der Waals surface area contributed by atoms with Crippen molar-refractivity contribution < 1.29 is 4.74 Å². The average Bonchev–Trinajstić information content (AvgIpc) is 3.40. The lowest BCUT2D eigenvalue weighted by atomic mass is 9.82. The number of hydrogen-bond donors (Lipinski definition) is 0. The Hall–Kier alpha value is -7.16. The van der Waals surface area contributed by atoms with Crippen molar-refractivity contribution in [2.75, 3.05) is 4.90 Å². The van der Waals surface area contributed by atoms with Gasteiger partial charge in [0.15, 0.2) is 0 Å². The van der Waals surface area contributed by atoms with E-state index in [1.807, 2.05) is 0 Å². The minimum atomic E-state index is -0.129. The summed E-state index contributed by atoms with van der Waals surface area (Å²) in [6.07, 6.45) is 0. The van der Waals surface area contributed by atoms with Gasteiger partial charge >= 0.3 is 0 Å². The third-order valence-electron chi connectivity index (χ3n) is 12.1. The molecule has 57 heavy (non-hydrogen) atoms. The zero-order valence-corrected chi connectivity index (χ0v) is 31.9. The SMILES string of the molecule is CC1(C)c2ccccc2-c2ccc(N(c3ccc(-c4ccccc4)cc3)c3ccc4c(c3)Oc3ccc(-c5ccccc5)cc3-c3cc5ccccc5cc3-4)cc21. The second-order valence-corrected chi connectivity index (χ2v) is 15.8. The largest absolute Gasteiger partial charge is 0.456 e. The number of ether oxygens (including phenoxy) is 1. The summed E-state index contributed by atoms with van der Waals surface area (Å²) >= 11 is 0. The molecule has 1 aliphatic heterocycles. The highest BCUT2D eigenvalue weighted by molar-refractivity contribution is 6.01. The first-order chi connectivity index (χ1) is 28.0. The van der Waals surface area contributed by atoms with Crippen molar-refractivity contribution in [1.82, 2.24) is 0 Å². The van der Waals surface area contributed by atoms with E-state index < -0.39 is 0 Å². The van der Waals surface area contributed by atoms with Crippen molar-refractivity contribution >= 4 is 27.8 Å². The quantitative estimate of drug-likeness (QED) is 0.175. The Balaban J connectivity index is 1.09. The van der Waals surface area contributed by atoms with Crippen LogP contribution in [-0.4, -0.2) is 0 Å². The fraction of sp³-hybridized carbons (Fsp3) is 0.0545. The number of benzene rings is 9. The summed E-state index contributed by atoms with van der Waals surface area (Å²) in [7, 11) is 0. The molecular weight excluding hydrogens is 691 g/mol. The van der Waals surface area contributed by atoms with Gasteiger partial charge in [-0.25, -0.2) is 0 Å². The number of anilines is 3. The molecule has 2 aliphatic rings. The van der Waals surface area contributed by atoms with Gasteiger partial charge in [0.25, 0.3) is 0 Å². The molecule has 0 atom stereocenters. The second kappa shape index (κ2) is 13.0. The van der Waals surface area contributed by atoms with Crippen LogP contribution in [0.4, 0.5) is 17.1 Å². The lowest BCUT2D eigenvalue weighted by Gasteiger charge is -2.29. The maximum atomic E-state index is 7.06. The van der Waals surface area contributed by atoms with Crippen molar-refractivity contribution in [2.45, 2.75) is 19.3 Å². The maximum absolute atomic E-state index is 7.06. The maximum Gasteiger partial charge on any atom is 0.137 e. The van der Waals surface area contributed by atoms with Gasteiger partial charge in [-0.2, -0.15) is 0 Å². The van der Waals surface area contributed by atoms with E-state index in [1.54, 1.807) is 0 Å². The molecule has 9 aromatic rings. The van der Waals surface area contributed by atoms with Gasteiger partial charge in [-0.05, 0) is 127 Å². The van der Waals surface area contributed by atoms with Crippen molar-refractivity contribution in [2.24, 2.45) is 0 Å². The fourth-order valence-corrected chi connectivity index (χ4v) is 9.11. The highest BCUT2D eigenvalue weighted by atomic mass is 16.5. The molecule has 11 rings (SSSR count). The normalized spacial score (nSPS) is 13.0. The van der Waals surface area contributed by atoms with E-state index in [0.29, 0.717) is 0 Å². The lowest BCUT2D eigenvalue weighted by Crippen LogP contribution is -2.16. The topological polar surface area (TPSA) is 12.5 Å². The summed E-state index contributed by atoms with van der Waals surface area (Å²) in [5, 5.41) is 2.41. The van der Waals surface area contributed by atoms with E-state index in [-0.39, 0.29) is 5.41 Å². The number of hydrogen-bond acceptors (Lipinski definition) is 2. The summed E-state index contributed by atoms with van der Waals surface area (Å²) in [5.74, 6) is 1.67. The Kier molecular flexibility index (Phi) is 7.55. The van der Waals surface area contributed by atoms with Gasteiger partial charge < -0.3 is 9.64 Å². The van der Waals surface area contributed by atoms with Crippen molar-refractivity contribution in [3.63, 3.8) is 0 Å². The lowest BCUT2D eigenvalue weighted by molar-refractivity contribution is 0.488. The molecule has 2 heteroatoms. The Morgan fingerprint density at radius 2 is 0.860 bits per heavy atom. The van der Waals surface area contributed by atoms with Crippen LogP contribution in [0.25, 0.3) is 66.4 Å². The van der Waals surface area contributed by atoms with Crippen LogP contribution < -0.4 is 9.64 Å². The van der Waals surface area contributed by atoms with Crippen LogP contribution in [0, 0.1) is 0 Å². The second-order valence-electron chi connectivity index (χ2n) is 15.8. The summed E-state index contributed by atoms with van der Waals surface area (Å²) < 4.78 is 7.06. The van der Waals surface area contributed by atoms with Crippen LogP contribution in [0.3, 0.4) is 0 Å². The third kappa shape index (κ3) is 5.48. The molecule has 270 valence electrons. The first kappa shape index (κ1) is 33.2. The summed E-state index contributed by atoms with van der Waals surface area (Å²) in [6.45, 7) is 4.69. The van der Waals surface area contributed by atoms with E-state index in [0.717, 1.165) is 50.8 Å². The molecule has 0 amide bonds. The number of rotatable bonds is 5. The molecular formula is C55H39NO. The van der Waals surface area contributed by atoms with Crippen LogP contribution in [0.5, 0.6) is 11.5 Å². The van der Waals surface area contributed by atoms with Crippen LogP contribution >= 0.6 is 0 Å². The van der Waals surface area contributed by atoms with Gasteiger partial charge in [0.05, 0.1) is 0 Å². The monoisotopic (exact) mass is 729 g/mol. The fourth-order valence-electron chi connectivity index (χ4n) is 9.11. The molecule has 0 saturated heterocycles. The van der Waals surface area contributed by atoms with Crippen LogP contribution in [0.2, 0.25) is 0 Å². The molecule has 0 fully saturated rings. The van der Waals surface area contributed by atoms with Gasteiger partial charge in [0.1, 0.15) is 11.5 Å². The van der Waals surface area contributed by atoms with Crippen molar-refractivity contribution in [3.8, 4) is 67.1 Å². The molecule has 0 bridgehead atoms. The van der Waals surface area contributed by atoms with Gasteiger partial charge in [-0.3, -0.25) is 0 Å². The van der Waals surface area contributed by atoms with Crippen molar-refractivity contribution in [1.29, 1.82) is 0 Å². The Bertz CT molecular complexity index is 3000. The zero-order chi connectivity index (χ0) is 38.1. The Labute approximate surface area is 333 Å². The Morgan fingerprint density at radius 3 is 1.58 bits per heavy atom. The minimum absolute atomic E-state index is 0.129. The summed E-state index contributed by atoms with van der Waals surface area (Å²) in [6, 6.07) is 72.6. The molecule has 1 heterocycles. The predicted octanol–water partition coefficient (Wildman–Crippen LogP) is 15.4. The van der Waals surface area contributed by atoms with Gasteiger partial charge in [-0.1, -0.05) is 147 Å². The molecule has 0 radical (unpaired) electrons. The summed E-state index contributed by atoms with van der Waals surface area (Å²) in [5.41, 5.74) is 17.6. The highest BCUT2D eigenvalue weighted by Gasteiger charge is 2.36. The van der Waals surface area contributed by atoms with Gasteiger partial charge in [0, 0.05) is 39.7 Å². The van der Waals surface area contributed by atoms with E-state index in [2.05, 4.69) is 219 Å². The highest BCUT2D eigenvalue weighted by Crippen LogP contribution is 2.53. The minimum Gasteiger partial charge on any atom is -0.456 e. The first-order valence-electron chi connectivity index (χ1n) is 19.7. The molecule has 0 N–H and O–H groups in total. The molecule has 0 unspecified atom stereocenters. The standard InChI is InChI=1S/C55H39NO/c1-55(2)51-20-12-11-19-45(51)46-28-26-43(34-52(46)55)56(42-24-21-38(22-25-42)36-13-5-3-6-14-36)44-27-29-47-48-31-39-17-9-10-18-40(39)32-49(48)50-33-41(37-15-7-4-8-16-37)23-30-53(50)57-54(47)35-44/h3-35H,1-2H3. The van der Waals surface area contributed by atoms with Crippen LogP contribution in [0.1, 0.15) is 25.0 Å². The van der Waals surface area contributed by atoms with Crippen LogP contribution in [-0.2, 0) is 5.41 Å². The Morgan fingerprint density at radius 1 is 0.333 bits per heavy atom. The van der Waals surface area contributed by atoms with Crippen molar-refractivity contribution in [3.05, 3.63) is 211 Å². The van der Waals surface area contributed by atoms with E-state index in [1.165, 1.54) is 55.3 Å². The zero-order valence-electron chi connectivity index (χ0n) is 31.9. The molecule has 9 aromatic carbocycles.